The molecule has 18 heavy (non-hydrogen) atoms. The van der Waals surface area contributed by atoms with Gasteiger partial charge >= 0.3 is 0 Å². The molecule has 3 rings (SSSR count). The molecule has 0 fully saturated rings. The molecule has 0 unspecified atom stereocenters. The second kappa shape index (κ2) is 4.08. The number of fused-ring (bicyclic) bond motifs is 2. The Morgan fingerprint density at radius 3 is 2.78 bits per heavy atom. The van der Waals surface area contributed by atoms with Crippen molar-refractivity contribution in [3.63, 3.8) is 0 Å². The lowest BCUT2D eigenvalue weighted by molar-refractivity contribution is -0.117. The van der Waals surface area contributed by atoms with E-state index in [-0.39, 0.29) is 12.7 Å². The summed E-state index contributed by atoms with van der Waals surface area (Å²) in [6, 6.07) is 3.78. The van der Waals surface area contributed by atoms with Crippen LogP contribution in [0.3, 0.4) is 0 Å². The SMILES string of the molecule is CC(C)CN1C(=O)CNc2cc3c(cc21)OCO3. The Morgan fingerprint density at radius 1 is 1.33 bits per heavy atom. The fraction of sp³-hybridized carbons (Fsp3) is 0.462. The van der Waals surface area contributed by atoms with Crippen LogP contribution < -0.4 is 19.7 Å². The fourth-order valence-corrected chi connectivity index (χ4v) is 2.26. The zero-order valence-electron chi connectivity index (χ0n) is 10.5. The number of carbonyl (C=O) groups is 1. The van der Waals surface area contributed by atoms with Gasteiger partial charge in [0.25, 0.3) is 0 Å². The Morgan fingerprint density at radius 2 is 2.06 bits per heavy atom. The van der Waals surface area contributed by atoms with E-state index >= 15 is 0 Å². The van der Waals surface area contributed by atoms with E-state index in [1.54, 1.807) is 0 Å². The van der Waals surface area contributed by atoms with Crippen LogP contribution >= 0.6 is 0 Å². The second-order valence-corrected chi connectivity index (χ2v) is 4.97. The Kier molecular flexibility index (Phi) is 2.54. The van der Waals surface area contributed by atoms with Gasteiger partial charge < -0.3 is 19.7 Å². The summed E-state index contributed by atoms with van der Waals surface area (Å²) in [6.45, 7) is 5.49. The molecular formula is C13H16N2O3. The summed E-state index contributed by atoms with van der Waals surface area (Å²) in [5, 5.41) is 3.12. The second-order valence-electron chi connectivity index (χ2n) is 4.97. The molecule has 0 saturated heterocycles. The smallest absolute Gasteiger partial charge is 0.246 e. The number of amides is 1. The third-order valence-corrected chi connectivity index (χ3v) is 3.06. The van der Waals surface area contributed by atoms with Crippen molar-refractivity contribution in [2.24, 2.45) is 5.92 Å². The minimum absolute atomic E-state index is 0.0927. The predicted octanol–water partition coefficient (Wildman–Crippen LogP) is 1.83. The van der Waals surface area contributed by atoms with Gasteiger partial charge in [0.15, 0.2) is 11.5 Å². The van der Waals surface area contributed by atoms with Gasteiger partial charge in [0.2, 0.25) is 12.7 Å². The van der Waals surface area contributed by atoms with Crippen LogP contribution in [0.5, 0.6) is 11.5 Å². The summed E-state index contributed by atoms with van der Waals surface area (Å²) in [4.78, 5) is 13.8. The van der Waals surface area contributed by atoms with Crippen LogP contribution in [-0.4, -0.2) is 25.8 Å². The molecule has 0 aliphatic carbocycles. The van der Waals surface area contributed by atoms with Crippen molar-refractivity contribution in [2.45, 2.75) is 13.8 Å². The summed E-state index contributed by atoms with van der Waals surface area (Å²) in [5.74, 6) is 1.96. The van der Waals surface area contributed by atoms with Crippen molar-refractivity contribution in [1.29, 1.82) is 0 Å². The Balaban J connectivity index is 2.02. The normalized spacial score (nSPS) is 16.8. The molecule has 0 aromatic heterocycles. The summed E-state index contributed by atoms with van der Waals surface area (Å²) in [6.07, 6.45) is 0. The molecule has 1 amide bonds. The molecule has 2 aliphatic rings. The molecule has 1 N–H and O–H groups in total. The largest absolute Gasteiger partial charge is 0.454 e. The highest BCUT2D eigenvalue weighted by atomic mass is 16.7. The zero-order valence-corrected chi connectivity index (χ0v) is 10.5. The van der Waals surface area contributed by atoms with E-state index in [4.69, 9.17) is 9.47 Å². The fourth-order valence-electron chi connectivity index (χ4n) is 2.26. The average Bonchev–Trinajstić information content (AvgIpc) is 2.77. The van der Waals surface area contributed by atoms with Crippen LogP contribution in [0.2, 0.25) is 0 Å². The lowest BCUT2D eigenvalue weighted by Crippen LogP contribution is -2.41. The van der Waals surface area contributed by atoms with Crippen LogP contribution in [0, 0.1) is 5.92 Å². The van der Waals surface area contributed by atoms with E-state index in [0.717, 1.165) is 17.1 Å². The summed E-state index contributed by atoms with van der Waals surface area (Å²) in [7, 11) is 0. The molecule has 2 aliphatic heterocycles. The van der Waals surface area contributed by atoms with Gasteiger partial charge in [-0.1, -0.05) is 13.8 Å². The zero-order chi connectivity index (χ0) is 12.7. The Labute approximate surface area is 106 Å². The van der Waals surface area contributed by atoms with Gasteiger partial charge in [-0.2, -0.15) is 0 Å². The highest BCUT2D eigenvalue weighted by molar-refractivity contribution is 6.03. The maximum absolute atomic E-state index is 12.0. The molecule has 0 bridgehead atoms. The average molecular weight is 248 g/mol. The first-order valence-corrected chi connectivity index (χ1v) is 6.13. The third-order valence-electron chi connectivity index (χ3n) is 3.06. The van der Waals surface area contributed by atoms with Crippen molar-refractivity contribution >= 4 is 17.3 Å². The van der Waals surface area contributed by atoms with Crippen LogP contribution in [0.4, 0.5) is 11.4 Å². The summed E-state index contributed by atoms with van der Waals surface area (Å²) >= 11 is 0. The standard InChI is InChI=1S/C13H16N2O3/c1-8(2)6-15-10-4-12-11(17-7-18-12)3-9(10)14-5-13(15)16/h3-4,8,14H,5-7H2,1-2H3. The van der Waals surface area contributed by atoms with Crippen molar-refractivity contribution in [3.8, 4) is 11.5 Å². The van der Waals surface area contributed by atoms with E-state index in [2.05, 4.69) is 19.2 Å². The number of carbonyl (C=O) groups excluding carboxylic acids is 1. The molecule has 0 atom stereocenters. The molecule has 0 saturated carbocycles. The minimum atomic E-state index is 0.0927. The van der Waals surface area contributed by atoms with Gasteiger partial charge in [-0.25, -0.2) is 0 Å². The predicted molar refractivity (Wildman–Crippen MR) is 68.2 cm³/mol. The van der Waals surface area contributed by atoms with Gasteiger partial charge in [0.05, 0.1) is 17.9 Å². The first kappa shape index (κ1) is 11.2. The number of nitrogens with zero attached hydrogens (tertiary/aromatic N) is 1. The number of ether oxygens (including phenoxy) is 2. The van der Waals surface area contributed by atoms with E-state index in [9.17, 15) is 4.79 Å². The topological polar surface area (TPSA) is 50.8 Å². The number of anilines is 2. The van der Waals surface area contributed by atoms with Crippen LogP contribution in [-0.2, 0) is 4.79 Å². The van der Waals surface area contributed by atoms with Crippen LogP contribution in [0.1, 0.15) is 13.8 Å². The van der Waals surface area contributed by atoms with Gasteiger partial charge in [-0.3, -0.25) is 4.79 Å². The van der Waals surface area contributed by atoms with Crippen molar-refractivity contribution in [1.82, 2.24) is 0 Å². The first-order valence-electron chi connectivity index (χ1n) is 6.13. The van der Waals surface area contributed by atoms with Crippen LogP contribution in [0.15, 0.2) is 12.1 Å². The molecule has 1 aromatic rings. The minimum Gasteiger partial charge on any atom is -0.454 e. The molecule has 1 aromatic carbocycles. The quantitative estimate of drug-likeness (QED) is 0.867. The van der Waals surface area contributed by atoms with Crippen molar-refractivity contribution < 1.29 is 14.3 Å². The maximum atomic E-state index is 12.0. The van der Waals surface area contributed by atoms with E-state index in [1.807, 2.05) is 17.0 Å². The number of rotatable bonds is 2. The highest BCUT2D eigenvalue weighted by Gasteiger charge is 2.28. The highest BCUT2D eigenvalue weighted by Crippen LogP contribution is 2.42. The molecule has 5 heteroatoms. The lowest BCUT2D eigenvalue weighted by Gasteiger charge is -2.31. The number of hydrogen-bond acceptors (Lipinski definition) is 4. The van der Waals surface area contributed by atoms with E-state index in [1.165, 1.54) is 0 Å². The van der Waals surface area contributed by atoms with Gasteiger partial charge in [0, 0.05) is 18.7 Å². The number of nitrogens with one attached hydrogen (secondary N) is 1. The van der Waals surface area contributed by atoms with E-state index in [0.29, 0.717) is 24.8 Å². The number of benzene rings is 1. The van der Waals surface area contributed by atoms with Gasteiger partial charge in [0.1, 0.15) is 0 Å². The molecule has 5 nitrogen and oxygen atoms in total. The van der Waals surface area contributed by atoms with Gasteiger partial charge in [-0.05, 0) is 5.92 Å². The molecule has 0 spiro atoms. The van der Waals surface area contributed by atoms with E-state index < -0.39 is 0 Å². The molecule has 96 valence electrons. The van der Waals surface area contributed by atoms with Crippen molar-refractivity contribution in [2.75, 3.05) is 30.1 Å². The molecule has 2 heterocycles. The summed E-state index contributed by atoms with van der Waals surface area (Å²) < 4.78 is 10.7. The lowest BCUT2D eigenvalue weighted by atomic mass is 10.1. The monoisotopic (exact) mass is 248 g/mol. The van der Waals surface area contributed by atoms with Crippen LogP contribution in [0.25, 0.3) is 0 Å². The Bertz CT molecular complexity index is 499. The first-order chi connectivity index (χ1) is 8.65. The Hall–Kier alpha value is -1.91. The number of hydrogen-bond donors (Lipinski definition) is 1. The molecule has 0 radical (unpaired) electrons. The third kappa shape index (κ3) is 1.75. The van der Waals surface area contributed by atoms with Gasteiger partial charge in [-0.15, -0.1) is 0 Å². The summed E-state index contributed by atoms with van der Waals surface area (Å²) in [5.41, 5.74) is 1.81. The molecular weight excluding hydrogens is 232 g/mol. The van der Waals surface area contributed by atoms with Crippen molar-refractivity contribution in [3.05, 3.63) is 12.1 Å². The maximum Gasteiger partial charge on any atom is 0.246 e.